The van der Waals surface area contributed by atoms with Crippen molar-refractivity contribution < 1.29 is 19.2 Å². The molecule has 1 aromatic rings. The Kier molecular flexibility index (Phi) is 4.10. The predicted octanol–water partition coefficient (Wildman–Crippen LogP) is 2.30. The second kappa shape index (κ2) is 6.46. The first-order valence-corrected chi connectivity index (χ1v) is 8.63. The maximum Gasteiger partial charge on any atom is 0.311 e. The number of amides is 2. The number of hydrogen-bond donors (Lipinski definition) is 0. The normalized spacial score (nSPS) is 28.2. The molecule has 2 bridgehead atoms. The highest BCUT2D eigenvalue weighted by Crippen LogP contribution is 2.52. The van der Waals surface area contributed by atoms with Gasteiger partial charge in [-0.3, -0.25) is 19.7 Å². The first kappa shape index (κ1) is 17.1. The fraction of sp³-hybridized carbons (Fsp3) is 0.316. The van der Waals surface area contributed by atoms with Gasteiger partial charge >= 0.3 is 5.69 Å². The lowest BCUT2D eigenvalue weighted by molar-refractivity contribution is -0.385. The molecule has 3 aliphatic rings. The maximum atomic E-state index is 12.6. The van der Waals surface area contributed by atoms with Crippen LogP contribution in [0.15, 0.2) is 48.1 Å². The number of ether oxygens (including phenoxy) is 1. The highest BCUT2D eigenvalue weighted by atomic mass is 16.6. The number of benzene rings is 1. The fourth-order valence-electron chi connectivity index (χ4n) is 4.15. The van der Waals surface area contributed by atoms with Gasteiger partial charge in [-0.05, 0) is 30.4 Å². The molecule has 0 N–H and O–H groups in total. The van der Waals surface area contributed by atoms with E-state index in [1.807, 2.05) is 12.2 Å². The second-order valence-electron chi connectivity index (χ2n) is 6.82. The van der Waals surface area contributed by atoms with E-state index in [2.05, 4.69) is 11.7 Å². The van der Waals surface area contributed by atoms with Gasteiger partial charge in [0.2, 0.25) is 0 Å². The van der Waals surface area contributed by atoms with Crippen molar-refractivity contribution in [3.05, 3.63) is 58.7 Å². The van der Waals surface area contributed by atoms with Crippen LogP contribution < -0.4 is 4.74 Å². The quantitative estimate of drug-likeness (QED) is 0.252. The molecule has 2 amide bonds. The van der Waals surface area contributed by atoms with Crippen LogP contribution in [0.4, 0.5) is 5.69 Å². The van der Waals surface area contributed by atoms with Gasteiger partial charge in [-0.2, -0.15) is 10.1 Å². The minimum Gasteiger partial charge on any atom is -0.483 e. The van der Waals surface area contributed by atoms with Crippen molar-refractivity contribution in [2.24, 2.45) is 28.8 Å². The van der Waals surface area contributed by atoms with Gasteiger partial charge in [0.15, 0.2) is 5.75 Å². The molecular weight excluding hydrogens is 350 g/mol. The Labute approximate surface area is 154 Å². The number of allylic oxidation sites excluding steroid dienone is 2. The highest BCUT2D eigenvalue weighted by molar-refractivity contribution is 6.06. The number of hydrazone groups is 1. The standard InChI is InChI=1S/C19H17N3O5/c1-2-7-27-15-6-3-11(8-14(15)22(25)26)10-20-21-18(23)16-12-4-5-13(9-12)17(16)19(21)24/h2-6,8,10,12-13,16-17H,1,7,9H2/t12-,13-,16-,17+/m0/s1. The summed E-state index contributed by atoms with van der Waals surface area (Å²) in [6, 6.07) is 4.32. The van der Waals surface area contributed by atoms with Gasteiger partial charge in [0.05, 0.1) is 23.0 Å². The van der Waals surface area contributed by atoms with E-state index < -0.39 is 4.92 Å². The Bertz CT molecular complexity index is 877. The van der Waals surface area contributed by atoms with E-state index >= 15 is 0 Å². The van der Waals surface area contributed by atoms with Crippen LogP contribution in [0.1, 0.15) is 12.0 Å². The van der Waals surface area contributed by atoms with Crippen LogP contribution in [0.5, 0.6) is 5.75 Å². The largest absolute Gasteiger partial charge is 0.483 e. The van der Waals surface area contributed by atoms with Crippen molar-refractivity contribution in [2.75, 3.05) is 6.61 Å². The lowest BCUT2D eigenvalue weighted by Gasteiger charge is -2.13. The molecular formula is C19H17N3O5. The topological polar surface area (TPSA) is 102 Å². The molecule has 0 aromatic heterocycles. The monoisotopic (exact) mass is 367 g/mol. The zero-order valence-electron chi connectivity index (χ0n) is 14.4. The van der Waals surface area contributed by atoms with Crippen molar-refractivity contribution in [2.45, 2.75) is 6.42 Å². The zero-order chi connectivity index (χ0) is 19.1. The highest BCUT2D eigenvalue weighted by Gasteiger charge is 2.59. The van der Waals surface area contributed by atoms with Crippen molar-refractivity contribution >= 4 is 23.7 Å². The molecule has 4 atom stereocenters. The minimum absolute atomic E-state index is 0.110. The van der Waals surface area contributed by atoms with E-state index in [1.54, 1.807) is 6.07 Å². The SMILES string of the molecule is C=CCOc1ccc(C=NN2C(=O)[C@@H]3[C@H](C2=O)[C@H]2C=C[C@H]3C2)cc1[N+](=O)[O-]. The van der Waals surface area contributed by atoms with Gasteiger partial charge in [0.1, 0.15) is 6.61 Å². The number of hydrogen-bond acceptors (Lipinski definition) is 6. The number of nitrogens with zero attached hydrogens (tertiary/aromatic N) is 3. The minimum atomic E-state index is -0.560. The molecule has 1 aliphatic heterocycles. The Balaban J connectivity index is 1.56. The van der Waals surface area contributed by atoms with Crippen LogP contribution in [-0.4, -0.2) is 34.6 Å². The molecule has 0 unspecified atom stereocenters. The van der Waals surface area contributed by atoms with Crippen LogP contribution >= 0.6 is 0 Å². The van der Waals surface area contributed by atoms with E-state index in [0.29, 0.717) is 5.56 Å². The molecule has 0 spiro atoms. The summed E-state index contributed by atoms with van der Waals surface area (Å²) in [6.07, 6.45) is 7.65. The summed E-state index contributed by atoms with van der Waals surface area (Å²) in [7, 11) is 0. The third-order valence-electron chi connectivity index (χ3n) is 5.31. The van der Waals surface area contributed by atoms with E-state index in [4.69, 9.17) is 4.74 Å². The summed E-state index contributed by atoms with van der Waals surface area (Å²) >= 11 is 0. The molecule has 1 saturated heterocycles. The summed E-state index contributed by atoms with van der Waals surface area (Å²) < 4.78 is 5.27. The van der Waals surface area contributed by atoms with Crippen molar-refractivity contribution in [1.29, 1.82) is 0 Å². The smallest absolute Gasteiger partial charge is 0.311 e. The van der Waals surface area contributed by atoms with Gasteiger partial charge in [-0.1, -0.05) is 24.8 Å². The summed E-state index contributed by atoms with van der Waals surface area (Å²) in [6.45, 7) is 3.65. The fourth-order valence-corrected chi connectivity index (χ4v) is 4.15. The first-order valence-electron chi connectivity index (χ1n) is 8.63. The van der Waals surface area contributed by atoms with E-state index in [1.165, 1.54) is 24.4 Å². The average Bonchev–Trinajstić information content (AvgIpc) is 3.33. The summed E-state index contributed by atoms with van der Waals surface area (Å²) in [5.74, 6) is -0.903. The Hall–Kier alpha value is -3.29. The molecule has 8 heteroatoms. The van der Waals surface area contributed by atoms with E-state index in [0.717, 1.165) is 11.4 Å². The molecule has 4 rings (SSSR count). The lowest BCUT2D eigenvalue weighted by atomic mass is 9.85. The molecule has 1 saturated carbocycles. The molecule has 27 heavy (non-hydrogen) atoms. The number of carbonyl (C=O) groups excluding carboxylic acids is 2. The van der Waals surface area contributed by atoms with Gasteiger partial charge in [0, 0.05) is 11.6 Å². The van der Waals surface area contributed by atoms with Crippen LogP contribution in [0.3, 0.4) is 0 Å². The second-order valence-corrected chi connectivity index (χ2v) is 6.82. The van der Waals surface area contributed by atoms with Crippen molar-refractivity contribution in [3.63, 3.8) is 0 Å². The Morgan fingerprint density at radius 3 is 2.52 bits per heavy atom. The van der Waals surface area contributed by atoms with Crippen LogP contribution in [0.25, 0.3) is 0 Å². The summed E-state index contributed by atoms with van der Waals surface area (Å²) in [5, 5.41) is 16.2. The number of fused-ring (bicyclic) bond motifs is 5. The average molecular weight is 367 g/mol. The molecule has 1 aromatic carbocycles. The van der Waals surface area contributed by atoms with Crippen molar-refractivity contribution in [3.8, 4) is 5.75 Å². The number of imide groups is 1. The van der Waals surface area contributed by atoms with Crippen molar-refractivity contribution in [1.82, 2.24) is 5.01 Å². The van der Waals surface area contributed by atoms with Crippen LogP contribution in [-0.2, 0) is 9.59 Å². The van der Waals surface area contributed by atoms with Gasteiger partial charge in [0.25, 0.3) is 11.8 Å². The third-order valence-corrected chi connectivity index (χ3v) is 5.31. The third kappa shape index (κ3) is 2.73. The molecule has 1 heterocycles. The van der Waals surface area contributed by atoms with Gasteiger partial charge in [-0.25, -0.2) is 0 Å². The Morgan fingerprint density at radius 1 is 1.26 bits per heavy atom. The maximum absolute atomic E-state index is 12.6. The Morgan fingerprint density at radius 2 is 1.93 bits per heavy atom. The molecule has 2 fully saturated rings. The molecule has 8 nitrogen and oxygen atoms in total. The number of nitro groups is 1. The van der Waals surface area contributed by atoms with Gasteiger partial charge < -0.3 is 4.74 Å². The first-order chi connectivity index (χ1) is 13.0. The van der Waals surface area contributed by atoms with E-state index in [9.17, 15) is 19.7 Å². The van der Waals surface area contributed by atoms with Gasteiger partial charge in [-0.15, -0.1) is 0 Å². The number of carbonyl (C=O) groups is 2. The summed E-state index contributed by atoms with van der Waals surface area (Å²) in [5.41, 5.74) is 0.172. The number of rotatable bonds is 6. The lowest BCUT2D eigenvalue weighted by Crippen LogP contribution is -2.28. The number of nitro benzene ring substituents is 1. The predicted molar refractivity (Wildman–Crippen MR) is 96.0 cm³/mol. The van der Waals surface area contributed by atoms with Crippen LogP contribution in [0, 0.1) is 33.8 Å². The van der Waals surface area contributed by atoms with Crippen LogP contribution in [0.2, 0.25) is 0 Å². The molecule has 0 radical (unpaired) electrons. The molecule has 138 valence electrons. The molecule has 2 aliphatic carbocycles. The zero-order valence-corrected chi connectivity index (χ0v) is 14.4. The summed E-state index contributed by atoms with van der Waals surface area (Å²) in [4.78, 5) is 35.8. The van der Waals surface area contributed by atoms with E-state index in [-0.39, 0.29) is 53.5 Å².